The number of aromatic nitrogens is 2. The van der Waals surface area contributed by atoms with Gasteiger partial charge in [0.15, 0.2) is 11.2 Å². The van der Waals surface area contributed by atoms with E-state index in [0.717, 1.165) is 50.4 Å². The highest BCUT2D eigenvalue weighted by molar-refractivity contribution is 7.89. The molecule has 2 aromatic rings. The Morgan fingerprint density at radius 2 is 1.94 bits per heavy atom. The number of thiocarbonyl (C=S) groups is 1. The molecule has 1 aromatic heterocycles. The van der Waals surface area contributed by atoms with Crippen LogP contribution in [0.5, 0.6) is 5.75 Å². The molecular weight excluding hydrogens is 472 g/mol. The molecule has 1 fully saturated rings. The Morgan fingerprint density at radius 1 is 1.18 bits per heavy atom. The summed E-state index contributed by atoms with van der Waals surface area (Å²) in [5.74, 6) is 0.613. The molecule has 9 nitrogen and oxygen atoms in total. The number of anilines is 1. The predicted molar refractivity (Wildman–Crippen MR) is 136 cm³/mol. The Bertz CT molecular complexity index is 1110. The summed E-state index contributed by atoms with van der Waals surface area (Å²) in [7, 11) is -3.64. The highest BCUT2D eigenvalue weighted by Gasteiger charge is 2.36. The van der Waals surface area contributed by atoms with E-state index >= 15 is 0 Å². The Hall–Kier alpha value is -2.21. The second-order valence-corrected chi connectivity index (χ2v) is 10.8. The van der Waals surface area contributed by atoms with Gasteiger partial charge in [-0.2, -0.15) is 9.40 Å². The van der Waals surface area contributed by atoms with Crippen LogP contribution < -0.4 is 15.0 Å². The number of aromatic amines is 1. The molecule has 0 spiro atoms. The van der Waals surface area contributed by atoms with E-state index in [4.69, 9.17) is 22.3 Å². The number of nitrogens with zero attached hydrogens (tertiary/aromatic N) is 5. The van der Waals surface area contributed by atoms with E-state index in [9.17, 15) is 8.42 Å². The largest absolute Gasteiger partial charge is 0.493 e. The average Bonchev–Trinajstić information content (AvgIpc) is 3.34. The Balaban J connectivity index is 1.73. The highest BCUT2D eigenvalue weighted by atomic mass is 32.2. The van der Waals surface area contributed by atoms with Gasteiger partial charge in [0, 0.05) is 38.3 Å². The molecule has 1 unspecified atom stereocenters. The molecule has 0 bridgehead atoms. The first-order valence-electron chi connectivity index (χ1n) is 11.9. The van der Waals surface area contributed by atoms with Crippen LogP contribution in [0, 0.1) is 0 Å². The molecule has 1 saturated heterocycles. The molecule has 1 aromatic carbocycles. The Labute approximate surface area is 207 Å². The van der Waals surface area contributed by atoms with Crippen molar-refractivity contribution in [3.63, 3.8) is 0 Å². The van der Waals surface area contributed by atoms with Gasteiger partial charge < -0.3 is 14.5 Å². The van der Waals surface area contributed by atoms with Crippen LogP contribution in [0.15, 0.2) is 29.3 Å². The molecule has 0 amide bonds. The molecule has 2 aliphatic heterocycles. The van der Waals surface area contributed by atoms with Crippen molar-refractivity contribution in [1.29, 1.82) is 0 Å². The molecule has 1 atom stereocenters. The average molecular weight is 506 g/mol. The number of ether oxygens (including phenoxy) is 1. The van der Waals surface area contributed by atoms with Crippen LogP contribution in [-0.2, 0) is 10.0 Å². The first-order chi connectivity index (χ1) is 16.4. The molecule has 2 aliphatic rings. The summed E-state index contributed by atoms with van der Waals surface area (Å²) in [6.45, 7) is 10.7. The number of hydrogen-bond donors (Lipinski definition) is 1. The molecule has 34 heavy (non-hydrogen) atoms. The van der Waals surface area contributed by atoms with Gasteiger partial charge in [-0.3, -0.25) is 5.10 Å². The topological polar surface area (TPSA) is 95.9 Å². The summed E-state index contributed by atoms with van der Waals surface area (Å²) in [6, 6.07) is 5.10. The van der Waals surface area contributed by atoms with Crippen LogP contribution in [0.1, 0.15) is 51.0 Å². The lowest BCUT2D eigenvalue weighted by Gasteiger charge is -2.37. The number of hydrogen-bond acceptors (Lipinski definition) is 7. The Kier molecular flexibility index (Phi) is 7.76. The minimum Gasteiger partial charge on any atom is -0.493 e. The maximum Gasteiger partial charge on any atom is 0.243 e. The van der Waals surface area contributed by atoms with Crippen molar-refractivity contribution >= 4 is 32.9 Å². The maximum atomic E-state index is 13.5. The van der Waals surface area contributed by atoms with E-state index in [1.54, 1.807) is 28.7 Å². The first-order valence-corrected chi connectivity index (χ1v) is 13.8. The second-order valence-electron chi connectivity index (χ2n) is 8.46. The molecule has 3 heterocycles. The van der Waals surface area contributed by atoms with Crippen molar-refractivity contribution in [3.8, 4) is 5.75 Å². The lowest BCUT2D eigenvalue weighted by Crippen LogP contribution is -2.48. The van der Waals surface area contributed by atoms with Crippen molar-refractivity contribution < 1.29 is 13.2 Å². The summed E-state index contributed by atoms with van der Waals surface area (Å²) >= 11 is 5.56. The SMILES string of the molecule is CCCCN1c2cn[nH]c2C(=S)[N]C1c1cc(S(=O)(=O)N2CCN(CC)CC2)ccc1OCC. The van der Waals surface area contributed by atoms with Gasteiger partial charge in [0.25, 0.3) is 0 Å². The van der Waals surface area contributed by atoms with Gasteiger partial charge in [0.05, 0.1) is 23.4 Å². The van der Waals surface area contributed by atoms with Gasteiger partial charge in [-0.1, -0.05) is 32.5 Å². The van der Waals surface area contributed by atoms with Gasteiger partial charge in [-0.05, 0) is 38.1 Å². The lowest BCUT2D eigenvalue weighted by molar-refractivity contribution is 0.196. The van der Waals surface area contributed by atoms with Crippen molar-refractivity contribution in [2.75, 3.05) is 50.8 Å². The molecule has 185 valence electrons. The summed E-state index contributed by atoms with van der Waals surface area (Å²) in [5, 5.41) is 11.9. The molecular formula is C23H33N6O3S2. The van der Waals surface area contributed by atoms with Gasteiger partial charge in [0.2, 0.25) is 10.0 Å². The van der Waals surface area contributed by atoms with Gasteiger partial charge in [-0.15, -0.1) is 0 Å². The third-order valence-electron chi connectivity index (χ3n) is 6.41. The van der Waals surface area contributed by atoms with Crippen LogP contribution in [0.25, 0.3) is 0 Å². The zero-order valence-corrected chi connectivity index (χ0v) is 21.7. The normalized spacial score (nSPS) is 19.7. The van der Waals surface area contributed by atoms with Crippen LogP contribution >= 0.6 is 12.2 Å². The maximum absolute atomic E-state index is 13.5. The van der Waals surface area contributed by atoms with Gasteiger partial charge in [0.1, 0.15) is 11.4 Å². The van der Waals surface area contributed by atoms with Crippen molar-refractivity contribution in [3.05, 3.63) is 35.7 Å². The van der Waals surface area contributed by atoms with Crippen molar-refractivity contribution in [2.24, 2.45) is 0 Å². The fourth-order valence-corrected chi connectivity index (χ4v) is 6.16. The quantitative estimate of drug-likeness (QED) is 0.524. The molecule has 1 radical (unpaired) electrons. The smallest absolute Gasteiger partial charge is 0.243 e. The van der Waals surface area contributed by atoms with E-state index in [1.807, 2.05) is 6.92 Å². The van der Waals surface area contributed by atoms with Crippen molar-refractivity contribution in [2.45, 2.75) is 44.7 Å². The number of fused-ring (bicyclic) bond motifs is 1. The number of nitrogens with one attached hydrogen (secondary N) is 1. The molecule has 0 aliphatic carbocycles. The van der Waals surface area contributed by atoms with Crippen LogP contribution in [0.2, 0.25) is 0 Å². The zero-order chi connectivity index (χ0) is 24.3. The van der Waals surface area contributed by atoms with Crippen LogP contribution in [0.4, 0.5) is 5.69 Å². The number of benzene rings is 1. The van der Waals surface area contributed by atoms with Crippen LogP contribution in [0.3, 0.4) is 0 Å². The monoisotopic (exact) mass is 505 g/mol. The number of likely N-dealkylation sites (N-methyl/N-ethyl adjacent to an activating group) is 1. The fourth-order valence-electron chi connectivity index (χ4n) is 4.45. The minimum absolute atomic E-state index is 0.255. The fraction of sp³-hybridized carbons (Fsp3) is 0.565. The molecule has 11 heteroatoms. The summed E-state index contributed by atoms with van der Waals surface area (Å²) in [6.07, 6.45) is 3.23. The van der Waals surface area contributed by atoms with E-state index in [2.05, 4.69) is 33.8 Å². The molecule has 1 N–H and O–H groups in total. The zero-order valence-electron chi connectivity index (χ0n) is 20.0. The summed E-state index contributed by atoms with van der Waals surface area (Å²) < 4.78 is 34.6. The standard InChI is InChI=1S/C23H33N6O3S2/c1-4-7-10-29-19-16-24-26-21(19)23(33)25-22(29)18-15-17(8-9-20(18)32-6-3)34(30,31)28-13-11-27(5-2)12-14-28/h8-9,15-16,22H,4-7,10-14H2,1-3H3,(H,24,26). The third kappa shape index (κ3) is 4.79. The predicted octanol–water partition coefficient (Wildman–Crippen LogP) is 2.73. The number of piperazine rings is 1. The van der Waals surface area contributed by atoms with E-state index in [-0.39, 0.29) is 4.90 Å². The third-order valence-corrected chi connectivity index (χ3v) is 8.61. The summed E-state index contributed by atoms with van der Waals surface area (Å²) in [5.41, 5.74) is 2.29. The Morgan fingerprint density at radius 3 is 2.62 bits per heavy atom. The molecule has 4 rings (SSSR count). The van der Waals surface area contributed by atoms with E-state index in [1.165, 1.54) is 0 Å². The number of unbranched alkanes of at least 4 members (excludes halogenated alkanes) is 1. The van der Waals surface area contributed by atoms with Gasteiger partial charge in [-0.25, -0.2) is 13.7 Å². The number of H-pyrrole nitrogens is 1. The van der Waals surface area contributed by atoms with Crippen molar-refractivity contribution in [1.82, 2.24) is 24.7 Å². The first kappa shape index (κ1) is 24.9. The number of rotatable bonds is 9. The highest BCUT2D eigenvalue weighted by Crippen LogP contribution is 2.38. The van der Waals surface area contributed by atoms with E-state index < -0.39 is 16.2 Å². The van der Waals surface area contributed by atoms with E-state index in [0.29, 0.717) is 36.0 Å². The second kappa shape index (κ2) is 10.6. The number of sulfonamides is 1. The van der Waals surface area contributed by atoms with Gasteiger partial charge >= 0.3 is 0 Å². The van der Waals surface area contributed by atoms with Crippen LogP contribution in [-0.4, -0.2) is 78.7 Å². The minimum atomic E-state index is -3.64. The molecule has 0 saturated carbocycles. The summed E-state index contributed by atoms with van der Waals surface area (Å²) in [4.78, 5) is 5.07. The lowest BCUT2D eigenvalue weighted by atomic mass is 10.1.